The van der Waals surface area contributed by atoms with Crippen molar-refractivity contribution in [3.63, 3.8) is 0 Å². The van der Waals surface area contributed by atoms with Crippen LogP contribution in [-0.2, 0) is 11.2 Å². The van der Waals surface area contributed by atoms with Gasteiger partial charge in [0.05, 0.1) is 22.8 Å². The molecule has 0 bridgehead atoms. The number of benzene rings is 2. The molecule has 162 valence electrons. The SMILES string of the molecule is Cc1nn(-c2ccccc2)c(C)c1NC(=O)CCN1CCC(Cc2ccccc2)CC1. The van der Waals surface area contributed by atoms with Crippen LogP contribution in [0.3, 0.4) is 0 Å². The predicted octanol–water partition coefficient (Wildman–Crippen LogP) is 4.77. The van der Waals surface area contributed by atoms with Crippen molar-refractivity contribution in [2.24, 2.45) is 5.92 Å². The van der Waals surface area contributed by atoms with Crippen molar-refractivity contribution in [3.8, 4) is 5.69 Å². The van der Waals surface area contributed by atoms with E-state index < -0.39 is 0 Å². The van der Waals surface area contributed by atoms with E-state index in [1.54, 1.807) is 0 Å². The topological polar surface area (TPSA) is 50.2 Å². The van der Waals surface area contributed by atoms with Crippen molar-refractivity contribution in [1.29, 1.82) is 0 Å². The third-order valence-corrected chi connectivity index (χ3v) is 6.29. The number of likely N-dealkylation sites (tertiary alicyclic amines) is 1. The minimum atomic E-state index is 0.0604. The summed E-state index contributed by atoms with van der Waals surface area (Å²) in [6, 6.07) is 20.8. The molecule has 1 N–H and O–H groups in total. The van der Waals surface area contributed by atoms with Gasteiger partial charge in [0.15, 0.2) is 0 Å². The Kier molecular flexibility index (Phi) is 6.82. The van der Waals surface area contributed by atoms with Crippen LogP contribution in [0.15, 0.2) is 60.7 Å². The van der Waals surface area contributed by atoms with Crippen LogP contribution in [0.1, 0.15) is 36.2 Å². The van der Waals surface area contributed by atoms with Crippen molar-refractivity contribution < 1.29 is 4.79 Å². The molecule has 0 spiro atoms. The van der Waals surface area contributed by atoms with Crippen molar-refractivity contribution >= 4 is 11.6 Å². The van der Waals surface area contributed by atoms with E-state index in [0.29, 0.717) is 6.42 Å². The first-order valence-electron chi connectivity index (χ1n) is 11.3. The third-order valence-electron chi connectivity index (χ3n) is 6.29. The van der Waals surface area contributed by atoms with Gasteiger partial charge < -0.3 is 10.2 Å². The molecule has 2 aromatic carbocycles. The van der Waals surface area contributed by atoms with E-state index in [4.69, 9.17) is 0 Å². The minimum Gasteiger partial charge on any atom is -0.323 e. The van der Waals surface area contributed by atoms with E-state index in [2.05, 4.69) is 45.6 Å². The van der Waals surface area contributed by atoms with Gasteiger partial charge in [-0.25, -0.2) is 4.68 Å². The second kappa shape index (κ2) is 9.92. The quantitative estimate of drug-likeness (QED) is 0.603. The number of aromatic nitrogens is 2. The van der Waals surface area contributed by atoms with Crippen LogP contribution < -0.4 is 5.32 Å². The number of rotatable bonds is 7. The second-order valence-corrected chi connectivity index (χ2v) is 8.57. The molecule has 3 aromatic rings. The number of carbonyl (C=O) groups excluding carboxylic acids is 1. The first-order valence-corrected chi connectivity index (χ1v) is 11.3. The zero-order valence-electron chi connectivity index (χ0n) is 18.6. The summed E-state index contributed by atoms with van der Waals surface area (Å²) in [5.74, 6) is 0.812. The average Bonchev–Trinajstić information content (AvgIpc) is 3.08. The Morgan fingerprint density at radius 1 is 1.00 bits per heavy atom. The lowest BCUT2D eigenvalue weighted by Gasteiger charge is -2.31. The molecule has 0 atom stereocenters. The molecule has 1 aliphatic rings. The molecule has 1 aromatic heterocycles. The number of para-hydroxylation sites is 1. The molecule has 1 saturated heterocycles. The molecule has 0 aliphatic carbocycles. The number of amides is 1. The van der Waals surface area contributed by atoms with Gasteiger partial charge in [-0.15, -0.1) is 0 Å². The van der Waals surface area contributed by atoms with Crippen LogP contribution in [0.4, 0.5) is 5.69 Å². The van der Waals surface area contributed by atoms with Gasteiger partial charge in [-0.05, 0) is 69.8 Å². The fourth-order valence-corrected chi connectivity index (χ4v) is 4.47. The normalized spacial score (nSPS) is 15.2. The van der Waals surface area contributed by atoms with Gasteiger partial charge in [-0.1, -0.05) is 48.5 Å². The monoisotopic (exact) mass is 416 g/mol. The first-order chi connectivity index (χ1) is 15.1. The van der Waals surface area contributed by atoms with Gasteiger partial charge in [0, 0.05) is 13.0 Å². The molecule has 1 amide bonds. The van der Waals surface area contributed by atoms with E-state index in [1.807, 2.05) is 48.9 Å². The summed E-state index contributed by atoms with van der Waals surface area (Å²) in [6.45, 7) is 6.91. The molecule has 0 radical (unpaired) electrons. The van der Waals surface area contributed by atoms with E-state index in [-0.39, 0.29) is 5.91 Å². The van der Waals surface area contributed by atoms with Gasteiger partial charge in [-0.2, -0.15) is 5.10 Å². The Bertz CT molecular complexity index is 989. The Hall–Kier alpha value is -2.92. The van der Waals surface area contributed by atoms with E-state index in [9.17, 15) is 4.79 Å². The van der Waals surface area contributed by atoms with Crippen LogP contribution in [0.5, 0.6) is 0 Å². The zero-order chi connectivity index (χ0) is 21.6. The summed E-state index contributed by atoms with van der Waals surface area (Å²) in [7, 11) is 0. The first kappa shape index (κ1) is 21.3. The van der Waals surface area contributed by atoms with Crippen LogP contribution in [0.2, 0.25) is 0 Å². The molecular formula is C26H32N4O. The lowest BCUT2D eigenvalue weighted by molar-refractivity contribution is -0.116. The lowest BCUT2D eigenvalue weighted by atomic mass is 9.90. The van der Waals surface area contributed by atoms with Crippen molar-refractivity contribution in [1.82, 2.24) is 14.7 Å². The van der Waals surface area contributed by atoms with Crippen LogP contribution in [0, 0.1) is 19.8 Å². The van der Waals surface area contributed by atoms with Crippen molar-refractivity contribution in [2.75, 3.05) is 25.0 Å². The maximum atomic E-state index is 12.6. The van der Waals surface area contributed by atoms with E-state index >= 15 is 0 Å². The summed E-state index contributed by atoms with van der Waals surface area (Å²) >= 11 is 0. The van der Waals surface area contributed by atoms with E-state index in [0.717, 1.165) is 48.3 Å². The number of aryl methyl sites for hydroxylation is 1. The lowest BCUT2D eigenvalue weighted by Crippen LogP contribution is -2.36. The summed E-state index contributed by atoms with van der Waals surface area (Å²) in [4.78, 5) is 15.1. The number of hydrogen-bond acceptors (Lipinski definition) is 3. The fourth-order valence-electron chi connectivity index (χ4n) is 4.47. The van der Waals surface area contributed by atoms with Gasteiger partial charge in [0.1, 0.15) is 0 Å². The van der Waals surface area contributed by atoms with Crippen LogP contribution in [-0.4, -0.2) is 40.2 Å². The van der Waals surface area contributed by atoms with Crippen LogP contribution in [0.25, 0.3) is 5.69 Å². The van der Waals surface area contributed by atoms with E-state index in [1.165, 1.54) is 24.8 Å². The third kappa shape index (κ3) is 5.42. The zero-order valence-corrected chi connectivity index (χ0v) is 18.6. The fraction of sp³-hybridized carbons (Fsp3) is 0.385. The van der Waals surface area contributed by atoms with Gasteiger partial charge >= 0.3 is 0 Å². The molecule has 0 unspecified atom stereocenters. The summed E-state index contributed by atoms with van der Waals surface area (Å²) in [5.41, 5.74) is 5.06. The van der Waals surface area contributed by atoms with Crippen molar-refractivity contribution in [2.45, 2.75) is 39.5 Å². The Morgan fingerprint density at radius 3 is 2.32 bits per heavy atom. The van der Waals surface area contributed by atoms with Crippen LogP contribution >= 0.6 is 0 Å². The largest absolute Gasteiger partial charge is 0.323 e. The maximum absolute atomic E-state index is 12.6. The molecule has 0 saturated carbocycles. The number of hydrogen-bond donors (Lipinski definition) is 1. The average molecular weight is 417 g/mol. The highest BCUT2D eigenvalue weighted by Crippen LogP contribution is 2.24. The number of carbonyl (C=O) groups is 1. The number of nitrogens with one attached hydrogen (secondary N) is 1. The molecule has 31 heavy (non-hydrogen) atoms. The molecule has 2 heterocycles. The molecular weight excluding hydrogens is 384 g/mol. The molecule has 4 rings (SSSR count). The highest BCUT2D eigenvalue weighted by molar-refractivity contribution is 5.92. The summed E-state index contributed by atoms with van der Waals surface area (Å²) < 4.78 is 1.89. The number of piperidine rings is 1. The summed E-state index contributed by atoms with van der Waals surface area (Å²) in [5, 5.41) is 7.72. The Balaban J connectivity index is 1.25. The highest BCUT2D eigenvalue weighted by Gasteiger charge is 2.21. The number of anilines is 1. The smallest absolute Gasteiger partial charge is 0.225 e. The van der Waals surface area contributed by atoms with Gasteiger partial charge in [0.25, 0.3) is 0 Å². The molecule has 1 aliphatic heterocycles. The summed E-state index contributed by atoms with van der Waals surface area (Å²) in [6.07, 6.45) is 4.09. The van der Waals surface area contributed by atoms with Gasteiger partial charge in [-0.3, -0.25) is 4.79 Å². The predicted molar refractivity (Wildman–Crippen MR) is 126 cm³/mol. The Morgan fingerprint density at radius 2 is 1.65 bits per heavy atom. The molecule has 1 fully saturated rings. The Labute approximate surface area is 185 Å². The standard InChI is InChI=1S/C26H32N4O/c1-20-26(21(2)30(28-20)24-11-7-4-8-12-24)27-25(31)15-18-29-16-13-23(14-17-29)19-22-9-5-3-6-10-22/h3-12,23H,13-19H2,1-2H3,(H,27,31). The van der Waals surface area contributed by atoms with Gasteiger partial charge in [0.2, 0.25) is 5.91 Å². The number of nitrogens with zero attached hydrogens (tertiary/aromatic N) is 3. The van der Waals surface area contributed by atoms with Crippen molar-refractivity contribution in [3.05, 3.63) is 77.6 Å². The highest BCUT2D eigenvalue weighted by atomic mass is 16.1. The molecule has 5 nitrogen and oxygen atoms in total. The second-order valence-electron chi connectivity index (χ2n) is 8.57. The maximum Gasteiger partial charge on any atom is 0.225 e. The minimum absolute atomic E-state index is 0.0604. The molecule has 5 heteroatoms.